The predicted octanol–water partition coefficient (Wildman–Crippen LogP) is 1.77. The number of fused-ring (bicyclic) bond motifs is 1. The number of nitrogens with zero attached hydrogens (tertiary/aromatic N) is 3. The minimum absolute atomic E-state index is 0.0246. The minimum Gasteiger partial charge on any atom is -0.363 e. The van der Waals surface area contributed by atoms with E-state index in [4.69, 9.17) is 5.73 Å². The van der Waals surface area contributed by atoms with Crippen LogP contribution in [-0.4, -0.2) is 20.5 Å². The van der Waals surface area contributed by atoms with Crippen LogP contribution in [0.1, 0.15) is 10.6 Å². The largest absolute Gasteiger partial charge is 0.363 e. The van der Waals surface area contributed by atoms with Gasteiger partial charge in [0.1, 0.15) is 11.6 Å². The Kier molecular flexibility index (Phi) is 2.67. The topological polar surface area (TPSA) is 73.3 Å². The van der Waals surface area contributed by atoms with E-state index in [1.54, 1.807) is 18.2 Å². The van der Waals surface area contributed by atoms with Crippen LogP contribution < -0.4 is 5.73 Å². The average Bonchev–Trinajstić information content (AvgIpc) is 2.85. The quantitative estimate of drug-likeness (QED) is 0.774. The monoisotopic (exact) mass is 274 g/mol. The Morgan fingerprint density at radius 1 is 1.20 bits per heavy atom. The summed E-state index contributed by atoms with van der Waals surface area (Å²) < 4.78 is 28.4. The van der Waals surface area contributed by atoms with Crippen molar-refractivity contribution in [2.24, 2.45) is 5.73 Å². The van der Waals surface area contributed by atoms with Crippen LogP contribution in [0.3, 0.4) is 0 Å². The minimum atomic E-state index is -0.792. The Hall–Kier alpha value is -2.83. The number of benzene rings is 1. The summed E-state index contributed by atoms with van der Waals surface area (Å²) in [7, 11) is 0. The van der Waals surface area contributed by atoms with Crippen molar-refractivity contribution in [1.82, 2.24) is 14.6 Å². The molecule has 0 spiro atoms. The Morgan fingerprint density at radius 3 is 2.75 bits per heavy atom. The highest BCUT2D eigenvalue weighted by molar-refractivity contribution is 5.89. The van der Waals surface area contributed by atoms with Crippen molar-refractivity contribution in [3.8, 4) is 11.3 Å². The number of nitrogens with two attached hydrogens (primary N) is 1. The highest BCUT2D eigenvalue weighted by Crippen LogP contribution is 2.24. The number of pyridine rings is 1. The van der Waals surface area contributed by atoms with Crippen molar-refractivity contribution in [3.63, 3.8) is 0 Å². The first-order valence-electron chi connectivity index (χ1n) is 5.67. The maximum atomic E-state index is 13.8. The zero-order valence-corrected chi connectivity index (χ0v) is 10.0. The summed E-state index contributed by atoms with van der Waals surface area (Å²) in [4.78, 5) is 15.0. The molecule has 2 heterocycles. The standard InChI is InChI=1S/C13H8F2N4O/c14-7-4-5-9(15)8(6-7)10-2-1-3-11-17-13(12(16)20)18-19(10)11/h1-6H,(H2,16,20). The first-order valence-corrected chi connectivity index (χ1v) is 5.67. The number of carbonyl (C=O) groups excluding carboxylic acids is 1. The van der Waals surface area contributed by atoms with Gasteiger partial charge in [0.05, 0.1) is 5.69 Å². The molecular formula is C13H8F2N4O. The molecule has 2 aromatic heterocycles. The second-order valence-corrected chi connectivity index (χ2v) is 4.10. The van der Waals surface area contributed by atoms with Crippen LogP contribution in [0, 0.1) is 11.6 Å². The molecular weight excluding hydrogens is 266 g/mol. The first kappa shape index (κ1) is 12.2. The van der Waals surface area contributed by atoms with E-state index < -0.39 is 17.5 Å². The molecule has 0 saturated heterocycles. The normalized spacial score (nSPS) is 10.9. The predicted molar refractivity (Wildman–Crippen MR) is 66.9 cm³/mol. The Balaban J connectivity index is 2.30. The van der Waals surface area contributed by atoms with Gasteiger partial charge in [0, 0.05) is 5.56 Å². The molecule has 100 valence electrons. The number of carbonyl (C=O) groups is 1. The van der Waals surface area contributed by atoms with Gasteiger partial charge >= 0.3 is 0 Å². The van der Waals surface area contributed by atoms with Gasteiger partial charge in [-0.2, -0.15) is 0 Å². The maximum Gasteiger partial charge on any atom is 0.288 e. The summed E-state index contributed by atoms with van der Waals surface area (Å²) in [5, 5.41) is 3.90. The highest BCUT2D eigenvalue weighted by atomic mass is 19.1. The molecule has 0 aliphatic heterocycles. The summed E-state index contributed by atoms with van der Waals surface area (Å²) in [6.45, 7) is 0. The first-order chi connectivity index (χ1) is 9.56. The smallest absolute Gasteiger partial charge is 0.288 e. The van der Waals surface area contributed by atoms with E-state index in [1.165, 1.54) is 4.52 Å². The summed E-state index contributed by atoms with van der Waals surface area (Å²) in [5.74, 6) is -2.16. The van der Waals surface area contributed by atoms with Gasteiger partial charge in [-0.05, 0) is 30.3 Å². The fourth-order valence-corrected chi connectivity index (χ4v) is 1.91. The highest BCUT2D eigenvalue weighted by Gasteiger charge is 2.14. The molecule has 0 atom stereocenters. The van der Waals surface area contributed by atoms with E-state index in [9.17, 15) is 13.6 Å². The van der Waals surface area contributed by atoms with Crippen LogP contribution >= 0.6 is 0 Å². The third kappa shape index (κ3) is 1.89. The molecule has 1 amide bonds. The Labute approximate surface area is 111 Å². The van der Waals surface area contributed by atoms with Gasteiger partial charge in [0.15, 0.2) is 5.65 Å². The van der Waals surface area contributed by atoms with Gasteiger partial charge in [-0.15, -0.1) is 5.10 Å². The molecule has 0 saturated carbocycles. The van der Waals surface area contributed by atoms with Gasteiger partial charge in [-0.1, -0.05) is 6.07 Å². The van der Waals surface area contributed by atoms with Gasteiger partial charge < -0.3 is 5.73 Å². The lowest BCUT2D eigenvalue weighted by atomic mass is 10.1. The molecule has 0 aliphatic rings. The fraction of sp³-hybridized carbons (Fsp3) is 0. The zero-order valence-electron chi connectivity index (χ0n) is 10.0. The van der Waals surface area contributed by atoms with Crippen molar-refractivity contribution in [3.05, 3.63) is 53.9 Å². The van der Waals surface area contributed by atoms with Crippen molar-refractivity contribution >= 4 is 11.6 Å². The fourth-order valence-electron chi connectivity index (χ4n) is 1.91. The Morgan fingerprint density at radius 2 is 2.00 bits per heavy atom. The summed E-state index contributed by atoms with van der Waals surface area (Å²) >= 11 is 0. The van der Waals surface area contributed by atoms with E-state index in [0.29, 0.717) is 5.65 Å². The molecule has 0 fully saturated rings. The van der Waals surface area contributed by atoms with Crippen molar-refractivity contribution in [2.45, 2.75) is 0 Å². The molecule has 5 nitrogen and oxygen atoms in total. The maximum absolute atomic E-state index is 13.8. The summed E-state index contributed by atoms with van der Waals surface area (Å²) in [6.07, 6.45) is 0. The van der Waals surface area contributed by atoms with Gasteiger partial charge in [0.2, 0.25) is 5.82 Å². The van der Waals surface area contributed by atoms with Crippen molar-refractivity contribution in [1.29, 1.82) is 0 Å². The average molecular weight is 274 g/mol. The number of aromatic nitrogens is 3. The van der Waals surface area contributed by atoms with Gasteiger partial charge in [0.25, 0.3) is 5.91 Å². The molecule has 1 aromatic carbocycles. The van der Waals surface area contributed by atoms with E-state index in [1.807, 2.05) is 0 Å². The number of amides is 1. The summed E-state index contributed by atoms with van der Waals surface area (Å²) in [5.41, 5.74) is 5.73. The van der Waals surface area contributed by atoms with Crippen LogP contribution in [0.2, 0.25) is 0 Å². The van der Waals surface area contributed by atoms with Crippen LogP contribution in [-0.2, 0) is 0 Å². The van der Waals surface area contributed by atoms with Crippen molar-refractivity contribution in [2.75, 3.05) is 0 Å². The number of primary amides is 1. The van der Waals surface area contributed by atoms with E-state index in [2.05, 4.69) is 10.1 Å². The molecule has 0 unspecified atom stereocenters. The zero-order chi connectivity index (χ0) is 14.3. The lowest BCUT2D eigenvalue weighted by Crippen LogP contribution is -2.13. The second-order valence-electron chi connectivity index (χ2n) is 4.10. The SMILES string of the molecule is NC(=O)c1nc2cccc(-c3cc(F)ccc3F)n2n1. The number of rotatable bonds is 2. The van der Waals surface area contributed by atoms with Crippen LogP contribution in [0.25, 0.3) is 16.9 Å². The van der Waals surface area contributed by atoms with Crippen molar-refractivity contribution < 1.29 is 13.6 Å². The summed E-state index contributed by atoms with van der Waals surface area (Å²) in [6, 6.07) is 7.83. The molecule has 20 heavy (non-hydrogen) atoms. The lowest BCUT2D eigenvalue weighted by molar-refractivity contribution is 0.0990. The van der Waals surface area contributed by atoms with E-state index in [0.717, 1.165) is 18.2 Å². The van der Waals surface area contributed by atoms with Crippen LogP contribution in [0.5, 0.6) is 0 Å². The molecule has 7 heteroatoms. The molecule has 0 aliphatic carbocycles. The third-order valence-corrected chi connectivity index (χ3v) is 2.78. The van der Waals surface area contributed by atoms with Crippen LogP contribution in [0.15, 0.2) is 36.4 Å². The number of hydrogen-bond donors (Lipinski definition) is 1. The molecule has 2 N–H and O–H groups in total. The number of halogens is 2. The second kappa shape index (κ2) is 4.37. The van der Waals surface area contributed by atoms with Gasteiger partial charge in [-0.3, -0.25) is 4.79 Å². The van der Waals surface area contributed by atoms with Crippen LogP contribution in [0.4, 0.5) is 8.78 Å². The Bertz CT molecular complexity index is 828. The van der Waals surface area contributed by atoms with E-state index in [-0.39, 0.29) is 17.1 Å². The molecule has 3 aromatic rings. The molecule has 0 radical (unpaired) electrons. The van der Waals surface area contributed by atoms with Gasteiger partial charge in [-0.25, -0.2) is 18.3 Å². The molecule has 3 rings (SSSR count). The lowest BCUT2D eigenvalue weighted by Gasteiger charge is -2.05. The number of hydrogen-bond acceptors (Lipinski definition) is 3. The van der Waals surface area contributed by atoms with E-state index >= 15 is 0 Å². The third-order valence-electron chi connectivity index (χ3n) is 2.78. The molecule has 0 bridgehead atoms.